The molecule has 0 unspecified atom stereocenters. The summed E-state index contributed by atoms with van der Waals surface area (Å²) in [6.07, 6.45) is 0.147. The lowest BCUT2D eigenvalue weighted by atomic mass is 10.0. The molecule has 2 amide bonds. The van der Waals surface area contributed by atoms with E-state index >= 15 is 0 Å². The number of nitrogens with one attached hydrogen (secondary N) is 1. The Bertz CT molecular complexity index is 1190. The van der Waals surface area contributed by atoms with Gasteiger partial charge in [-0.05, 0) is 49.2 Å². The number of anilines is 1. The molecule has 1 aliphatic heterocycles. The first kappa shape index (κ1) is 24.1. The molecule has 3 aromatic carbocycles. The van der Waals surface area contributed by atoms with Crippen LogP contribution in [0.15, 0.2) is 66.7 Å². The van der Waals surface area contributed by atoms with Gasteiger partial charge in [-0.1, -0.05) is 43.3 Å². The van der Waals surface area contributed by atoms with Crippen LogP contribution in [0.1, 0.15) is 47.8 Å². The van der Waals surface area contributed by atoms with E-state index in [1.807, 2.05) is 41.3 Å². The molecule has 7 nitrogen and oxygen atoms in total. The number of ether oxygens (including phenoxy) is 3. The van der Waals surface area contributed by atoms with E-state index in [1.165, 1.54) is 14.2 Å². The van der Waals surface area contributed by atoms with E-state index in [0.29, 0.717) is 35.0 Å². The van der Waals surface area contributed by atoms with Crippen LogP contribution in [0, 0.1) is 0 Å². The van der Waals surface area contributed by atoms with Gasteiger partial charge in [0, 0.05) is 11.3 Å². The van der Waals surface area contributed by atoms with Gasteiger partial charge in [-0.3, -0.25) is 9.59 Å². The molecule has 1 heterocycles. The van der Waals surface area contributed by atoms with Crippen LogP contribution < -0.4 is 19.5 Å². The van der Waals surface area contributed by atoms with E-state index in [-0.39, 0.29) is 17.9 Å². The molecule has 0 aromatic heterocycles. The van der Waals surface area contributed by atoms with Crippen LogP contribution in [0.3, 0.4) is 0 Å². The van der Waals surface area contributed by atoms with Crippen LogP contribution in [0.25, 0.3) is 0 Å². The molecule has 35 heavy (non-hydrogen) atoms. The molecule has 182 valence electrons. The number of methoxy groups -OCH3 is 2. The van der Waals surface area contributed by atoms with Gasteiger partial charge in [0.15, 0.2) is 6.10 Å². The number of hydrogen-bond acceptors (Lipinski definition) is 5. The van der Waals surface area contributed by atoms with E-state index in [1.54, 1.807) is 37.3 Å². The van der Waals surface area contributed by atoms with Crippen molar-refractivity contribution in [3.63, 3.8) is 0 Å². The molecule has 0 saturated carbocycles. The monoisotopic (exact) mass is 474 g/mol. The molecule has 0 bridgehead atoms. The Labute approximate surface area is 205 Å². The van der Waals surface area contributed by atoms with E-state index in [0.717, 1.165) is 17.5 Å². The summed E-state index contributed by atoms with van der Waals surface area (Å²) in [7, 11) is 3.02. The summed E-state index contributed by atoms with van der Waals surface area (Å²) in [5.41, 5.74) is 2.79. The SMILES string of the molecule is CC[C@H](c1ccccc1)N1Cc2cc(NC(=O)c3c(OC)cccc3OC)ccc2O[C@@H](C)C1=O. The molecule has 2 atom stereocenters. The first-order valence-corrected chi connectivity index (χ1v) is 11.6. The quantitative estimate of drug-likeness (QED) is 0.508. The number of carbonyl (C=O) groups is 2. The molecular weight excluding hydrogens is 444 g/mol. The summed E-state index contributed by atoms with van der Waals surface area (Å²) in [5, 5.41) is 2.93. The number of benzene rings is 3. The second-order valence-corrected chi connectivity index (χ2v) is 8.38. The Morgan fingerprint density at radius 3 is 2.37 bits per heavy atom. The van der Waals surface area contributed by atoms with Crippen LogP contribution in [0.5, 0.6) is 17.2 Å². The molecule has 4 rings (SSSR count). The van der Waals surface area contributed by atoms with E-state index in [2.05, 4.69) is 12.2 Å². The average Bonchev–Trinajstić information content (AvgIpc) is 3.00. The van der Waals surface area contributed by atoms with Crippen molar-refractivity contribution in [2.75, 3.05) is 19.5 Å². The molecule has 0 saturated heterocycles. The van der Waals surface area contributed by atoms with Gasteiger partial charge >= 0.3 is 0 Å². The summed E-state index contributed by atoms with van der Waals surface area (Å²) < 4.78 is 16.7. The van der Waals surface area contributed by atoms with Gasteiger partial charge in [0.2, 0.25) is 0 Å². The topological polar surface area (TPSA) is 77.1 Å². The van der Waals surface area contributed by atoms with Crippen molar-refractivity contribution < 1.29 is 23.8 Å². The molecule has 1 aliphatic rings. The second-order valence-electron chi connectivity index (χ2n) is 8.38. The maximum atomic E-state index is 13.3. The van der Waals surface area contributed by atoms with Gasteiger partial charge in [0.05, 0.1) is 26.8 Å². The molecule has 7 heteroatoms. The van der Waals surface area contributed by atoms with Crippen molar-refractivity contribution in [2.24, 2.45) is 0 Å². The van der Waals surface area contributed by atoms with Crippen molar-refractivity contribution in [3.8, 4) is 17.2 Å². The Morgan fingerprint density at radius 2 is 1.74 bits per heavy atom. The van der Waals surface area contributed by atoms with Crippen molar-refractivity contribution >= 4 is 17.5 Å². The van der Waals surface area contributed by atoms with E-state index < -0.39 is 6.10 Å². The third-order valence-corrected chi connectivity index (χ3v) is 6.20. The van der Waals surface area contributed by atoms with Crippen molar-refractivity contribution in [3.05, 3.63) is 83.4 Å². The largest absolute Gasteiger partial charge is 0.496 e. The second kappa shape index (κ2) is 10.5. The highest BCUT2D eigenvalue weighted by atomic mass is 16.5. The molecule has 0 aliphatic carbocycles. The fourth-order valence-electron chi connectivity index (χ4n) is 4.48. The fourth-order valence-corrected chi connectivity index (χ4v) is 4.48. The van der Waals surface area contributed by atoms with Crippen LogP contribution in [-0.4, -0.2) is 37.0 Å². The number of carbonyl (C=O) groups excluding carboxylic acids is 2. The van der Waals surface area contributed by atoms with Crippen LogP contribution in [0.4, 0.5) is 5.69 Å². The number of rotatable bonds is 7. The molecular formula is C28H30N2O5. The summed E-state index contributed by atoms with van der Waals surface area (Å²) in [6.45, 7) is 4.21. The summed E-state index contributed by atoms with van der Waals surface area (Å²) in [4.78, 5) is 28.3. The Balaban J connectivity index is 1.65. The first-order chi connectivity index (χ1) is 17.0. The molecule has 0 spiro atoms. The zero-order chi connectivity index (χ0) is 24.9. The lowest BCUT2D eigenvalue weighted by Crippen LogP contribution is -2.40. The third kappa shape index (κ3) is 4.94. The maximum absolute atomic E-state index is 13.3. The van der Waals surface area contributed by atoms with Gasteiger partial charge in [0.25, 0.3) is 11.8 Å². The van der Waals surface area contributed by atoms with Crippen LogP contribution in [-0.2, 0) is 11.3 Å². The van der Waals surface area contributed by atoms with Gasteiger partial charge in [-0.25, -0.2) is 0 Å². The smallest absolute Gasteiger partial charge is 0.264 e. The maximum Gasteiger partial charge on any atom is 0.264 e. The Morgan fingerprint density at radius 1 is 1.06 bits per heavy atom. The summed E-state index contributed by atoms with van der Waals surface area (Å²) in [6, 6.07) is 20.5. The minimum absolute atomic E-state index is 0.0683. The average molecular weight is 475 g/mol. The van der Waals surface area contributed by atoms with Crippen LogP contribution in [0.2, 0.25) is 0 Å². The molecule has 0 fully saturated rings. The fraction of sp³-hybridized carbons (Fsp3) is 0.286. The highest BCUT2D eigenvalue weighted by molar-refractivity contribution is 6.08. The van der Waals surface area contributed by atoms with Gasteiger partial charge in [0.1, 0.15) is 22.8 Å². The lowest BCUT2D eigenvalue weighted by Gasteiger charge is -2.31. The Kier molecular flexibility index (Phi) is 7.25. The predicted octanol–water partition coefficient (Wildman–Crippen LogP) is 5.22. The Hall–Kier alpha value is -4.00. The standard InChI is InChI=1S/C28H30N2O5/c1-5-22(19-10-7-6-8-11-19)30-17-20-16-21(14-15-23(20)35-18(2)28(30)32)29-27(31)26-24(33-3)12-9-13-25(26)34-4/h6-16,18,22H,5,17H2,1-4H3,(H,29,31)/t18-,22+/m0/s1. The summed E-state index contributed by atoms with van der Waals surface area (Å²) in [5.74, 6) is 1.04. The number of fused-ring (bicyclic) bond motifs is 1. The lowest BCUT2D eigenvalue weighted by molar-refractivity contribution is -0.140. The third-order valence-electron chi connectivity index (χ3n) is 6.20. The van der Waals surface area contributed by atoms with Crippen molar-refractivity contribution in [1.82, 2.24) is 4.90 Å². The van der Waals surface area contributed by atoms with E-state index in [4.69, 9.17) is 14.2 Å². The molecule has 1 N–H and O–H groups in total. The van der Waals surface area contributed by atoms with Crippen molar-refractivity contribution in [1.29, 1.82) is 0 Å². The minimum atomic E-state index is -0.618. The first-order valence-electron chi connectivity index (χ1n) is 11.6. The highest BCUT2D eigenvalue weighted by Gasteiger charge is 2.33. The zero-order valence-electron chi connectivity index (χ0n) is 20.4. The van der Waals surface area contributed by atoms with Gasteiger partial charge < -0.3 is 24.4 Å². The van der Waals surface area contributed by atoms with Crippen LogP contribution >= 0.6 is 0 Å². The number of hydrogen-bond donors (Lipinski definition) is 1. The molecule has 0 radical (unpaired) electrons. The number of nitrogens with zero attached hydrogens (tertiary/aromatic N) is 1. The minimum Gasteiger partial charge on any atom is -0.496 e. The van der Waals surface area contributed by atoms with Gasteiger partial charge in [-0.15, -0.1) is 0 Å². The number of amides is 2. The van der Waals surface area contributed by atoms with Crippen molar-refractivity contribution in [2.45, 2.75) is 39.0 Å². The normalized spacial score (nSPS) is 15.9. The predicted molar refractivity (Wildman–Crippen MR) is 134 cm³/mol. The van der Waals surface area contributed by atoms with E-state index in [9.17, 15) is 9.59 Å². The zero-order valence-corrected chi connectivity index (χ0v) is 20.4. The van der Waals surface area contributed by atoms with Gasteiger partial charge in [-0.2, -0.15) is 0 Å². The molecule has 3 aromatic rings. The highest BCUT2D eigenvalue weighted by Crippen LogP contribution is 2.35. The summed E-state index contributed by atoms with van der Waals surface area (Å²) >= 11 is 0.